The first-order valence-electron chi connectivity index (χ1n) is 9.29. The molecule has 0 aliphatic rings. The summed E-state index contributed by atoms with van der Waals surface area (Å²) in [7, 11) is 0. The number of rotatable bonds is 14. The van der Waals surface area contributed by atoms with Crippen LogP contribution in [-0.4, -0.2) is 57.7 Å². The monoisotopic (exact) mass is 349 g/mol. The highest BCUT2D eigenvalue weighted by Crippen LogP contribution is 2.09. The van der Waals surface area contributed by atoms with Crippen molar-refractivity contribution in [3.8, 4) is 0 Å². The lowest BCUT2D eigenvalue weighted by atomic mass is 10.1. The van der Waals surface area contributed by atoms with E-state index in [-0.39, 0.29) is 6.29 Å². The number of aliphatic hydroxyl groups excluding tert-OH is 4. The van der Waals surface area contributed by atoms with E-state index in [9.17, 15) is 4.79 Å². The fourth-order valence-corrected chi connectivity index (χ4v) is 2.20. The Hall–Kier alpha value is -0.530. The molecule has 6 nitrogen and oxygen atoms in total. The van der Waals surface area contributed by atoms with Gasteiger partial charge in [0.1, 0.15) is 18.3 Å². The number of hydrogen-bond donors (Lipinski definition) is 5. The van der Waals surface area contributed by atoms with Crippen LogP contribution < -0.4 is 5.73 Å². The molecule has 6 heteroatoms. The lowest BCUT2D eigenvalue weighted by molar-refractivity contribution is -0.132. The third kappa shape index (κ3) is 16.3. The second-order valence-electron chi connectivity index (χ2n) is 6.32. The molecule has 0 spiro atoms. The Bertz CT molecular complexity index is 254. The summed E-state index contributed by atoms with van der Waals surface area (Å²) in [6.45, 7) is 4.38. The van der Waals surface area contributed by atoms with Crippen LogP contribution in [0.4, 0.5) is 0 Å². The van der Waals surface area contributed by atoms with Crippen molar-refractivity contribution >= 4 is 6.29 Å². The molecule has 0 saturated carbocycles. The summed E-state index contributed by atoms with van der Waals surface area (Å²) in [5.74, 6) is 0. The SMILES string of the molecule is CC(O)C(O)C(O)C(O)C=O.CCCCCCCCCCCCN. The zero-order valence-electron chi connectivity index (χ0n) is 15.4. The van der Waals surface area contributed by atoms with Gasteiger partial charge in [-0.1, -0.05) is 64.7 Å². The molecular formula is C18H39NO5. The van der Waals surface area contributed by atoms with E-state index in [1.54, 1.807) is 0 Å². The van der Waals surface area contributed by atoms with E-state index in [1.165, 1.54) is 71.1 Å². The molecule has 0 aliphatic heterocycles. The van der Waals surface area contributed by atoms with E-state index in [1.807, 2.05) is 0 Å². The maximum Gasteiger partial charge on any atom is 0.151 e. The molecular weight excluding hydrogens is 310 g/mol. The quantitative estimate of drug-likeness (QED) is 0.239. The van der Waals surface area contributed by atoms with E-state index in [0.29, 0.717) is 0 Å². The maximum absolute atomic E-state index is 9.87. The highest BCUT2D eigenvalue weighted by molar-refractivity contribution is 5.56. The second-order valence-corrected chi connectivity index (χ2v) is 6.32. The van der Waals surface area contributed by atoms with Crippen LogP contribution in [0, 0.1) is 0 Å². The van der Waals surface area contributed by atoms with Crippen LogP contribution in [-0.2, 0) is 4.79 Å². The molecule has 6 N–H and O–H groups in total. The Kier molecular flexibility index (Phi) is 20.1. The van der Waals surface area contributed by atoms with Crippen LogP contribution >= 0.6 is 0 Å². The van der Waals surface area contributed by atoms with Crippen molar-refractivity contribution in [3.05, 3.63) is 0 Å². The van der Waals surface area contributed by atoms with Gasteiger partial charge >= 0.3 is 0 Å². The highest BCUT2D eigenvalue weighted by Gasteiger charge is 2.27. The van der Waals surface area contributed by atoms with Crippen LogP contribution in [0.25, 0.3) is 0 Å². The topological polar surface area (TPSA) is 124 Å². The number of carbonyl (C=O) groups excluding carboxylic acids is 1. The molecule has 4 unspecified atom stereocenters. The van der Waals surface area contributed by atoms with Gasteiger partial charge in [0.2, 0.25) is 0 Å². The Labute approximate surface area is 147 Å². The van der Waals surface area contributed by atoms with Crippen molar-refractivity contribution in [3.63, 3.8) is 0 Å². The first-order chi connectivity index (χ1) is 11.4. The number of hydrogen-bond acceptors (Lipinski definition) is 6. The third-order valence-electron chi connectivity index (χ3n) is 3.89. The van der Waals surface area contributed by atoms with E-state index in [0.717, 1.165) is 6.54 Å². The minimum absolute atomic E-state index is 0.0935. The van der Waals surface area contributed by atoms with E-state index in [4.69, 9.17) is 26.2 Å². The van der Waals surface area contributed by atoms with Gasteiger partial charge in [-0.15, -0.1) is 0 Å². The van der Waals surface area contributed by atoms with Crippen LogP contribution in [0.2, 0.25) is 0 Å². The van der Waals surface area contributed by atoms with Crippen molar-refractivity contribution in [2.75, 3.05) is 6.54 Å². The molecule has 0 radical (unpaired) electrons. The molecule has 0 aromatic heterocycles. The predicted molar refractivity (Wildman–Crippen MR) is 96.7 cm³/mol. The molecule has 0 aliphatic carbocycles. The highest BCUT2D eigenvalue weighted by atomic mass is 16.4. The Morgan fingerprint density at radius 1 is 0.792 bits per heavy atom. The van der Waals surface area contributed by atoms with Crippen molar-refractivity contribution in [1.29, 1.82) is 0 Å². The average Bonchev–Trinajstić information content (AvgIpc) is 2.58. The van der Waals surface area contributed by atoms with Crippen LogP contribution in [0.1, 0.15) is 78.1 Å². The number of aliphatic hydroxyl groups is 4. The van der Waals surface area contributed by atoms with Crippen molar-refractivity contribution in [1.82, 2.24) is 0 Å². The van der Waals surface area contributed by atoms with Gasteiger partial charge in [0.15, 0.2) is 6.29 Å². The zero-order valence-corrected chi connectivity index (χ0v) is 15.4. The van der Waals surface area contributed by atoms with E-state index >= 15 is 0 Å². The van der Waals surface area contributed by atoms with Crippen LogP contribution in [0.5, 0.6) is 0 Å². The first kappa shape index (κ1) is 25.7. The van der Waals surface area contributed by atoms with Crippen molar-refractivity contribution in [2.45, 2.75) is 102 Å². The smallest absolute Gasteiger partial charge is 0.151 e. The standard InChI is InChI=1S/C12H27N.C6H12O5/c1-2-3-4-5-6-7-8-9-10-11-12-13;1-3(8)5(10)6(11)4(9)2-7/h2-13H2,1H3;2-6,8-11H,1H3. The van der Waals surface area contributed by atoms with Gasteiger partial charge in [-0.25, -0.2) is 0 Å². The van der Waals surface area contributed by atoms with Gasteiger partial charge in [-0.2, -0.15) is 0 Å². The normalized spacial score (nSPS) is 15.8. The molecule has 0 heterocycles. The molecule has 0 rings (SSSR count). The summed E-state index contributed by atoms with van der Waals surface area (Å²) >= 11 is 0. The lowest BCUT2D eigenvalue weighted by Gasteiger charge is -2.21. The average molecular weight is 350 g/mol. The maximum atomic E-state index is 9.87. The summed E-state index contributed by atoms with van der Waals surface area (Å²) in [5.41, 5.74) is 5.42. The minimum Gasteiger partial charge on any atom is -0.391 e. The number of unbranched alkanes of at least 4 members (excludes halogenated alkanes) is 9. The fraction of sp³-hybridized carbons (Fsp3) is 0.944. The lowest BCUT2D eigenvalue weighted by Crippen LogP contribution is -2.43. The molecule has 0 fully saturated rings. The van der Waals surface area contributed by atoms with E-state index in [2.05, 4.69) is 6.92 Å². The van der Waals surface area contributed by atoms with Gasteiger partial charge in [0, 0.05) is 0 Å². The van der Waals surface area contributed by atoms with Gasteiger partial charge < -0.3 is 31.0 Å². The Morgan fingerprint density at radius 2 is 1.21 bits per heavy atom. The summed E-state index contributed by atoms with van der Waals surface area (Å²) in [5, 5.41) is 35.1. The van der Waals surface area contributed by atoms with Gasteiger partial charge in [-0.3, -0.25) is 0 Å². The van der Waals surface area contributed by atoms with Gasteiger partial charge in [0.05, 0.1) is 6.10 Å². The summed E-state index contributed by atoms with van der Waals surface area (Å²) in [4.78, 5) is 9.87. The Morgan fingerprint density at radius 3 is 1.54 bits per heavy atom. The summed E-state index contributed by atoms with van der Waals surface area (Å²) < 4.78 is 0. The second kappa shape index (κ2) is 18.8. The number of carbonyl (C=O) groups is 1. The molecule has 24 heavy (non-hydrogen) atoms. The number of aldehydes is 1. The molecule has 4 atom stereocenters. The van der Waals surface area contributed by atoms with Gasteiger partial charge in [0.25, 0.3) is 0 Å². The van der Waals surface area contributed by atoms with Crippen LogP contribution in [0.3, 0.4) is 0 Å². The zero-order chi connectivity index (χ0) is 18.8. The molecule has 0 aromatic carbocycles. The molecule has 0 bridgehead atoms. The van der Waals surface area contributed by atoms with Gasteiger partial charge in [-0.05, 0) is 19.9 Å². The first-order valence-corrected chi connectivity index (χ1v) is 9.29. The molecule has 0 saturated heterocycles. The van der Waals surface area contributed by atoms with Crippen molar-refractivity contribution in [2.24, 2.45) is 5.73 Å². The summed E-state index contributed by atoms with van der Waals surface area (Å²) in [6, 6.07) is 0. The summed E-state index contributed by atoms with van der Waals surface area (Å²) in [6.07, 6.45) is 8.06. The molecule has 146 valence electrons. The molecule has 0 aromatic rings. The third-order valence-corrected chi connectivity index (χ3v) is 3.89. The molecule has 0 amide bonds. The van der Waals surface area contributed by atoms with Crippen LogP contribution in [0.15, 0.2) is 0 Å². The number of nitrogens with two attached hydrogens (primary N) is 1. The predicted octanol–water partition coefficient (Wildman–Crippen LogP) is 1.51. The minimum atomic E-state index is -1.65. The fourth-order valence-electron chi connectivity index (χ4n) is 2.20. The largest absolute Gasteiger partial charge is 0.391 e. The van der Waals surface area contributed by atoms with Crippen molar-refractivity contribution < 1.29 is 25.2 Å². The Balaban J connectivity index is 0. The van der Waals surface area contributed by atoms with E-state index < -0.39 is 24.4 Å².